The number of fused-ring (bicyclic) bond motifs is 1. The standard InChI is InChI=1S/C25H25N3O7/c1-3-34-25(33)27-12-10-26(11-13-27)21(29)15-35-24(32)17-8-9-18-19(14-17)23(31)28(22(18)30)20-7-5-4-6-16(20)2/h4-9,14H,3,10-13,15H2,1-2H3. The molecule has 4 rings (SSSR count). The van der Waals surface area contributed by atoms with Gasteiger partial charge >= 0.3 is 12.1 Å². The van der Waals surface area contributed by atoms with Crippen molar-refractivity contribution >= 4 is 35.5 Å². The van der Waals surface area contributed by atoms with Crippen LogP contribution >= 0.6 is 0 Å². The van der Waals surface area contributed by atoms with Crippen molar-refractivity contribution in [1.29, 1.82) is 0 Å². The molecule has 10 nitrogen and oxygen atoms in total. The Morgan fingerprint density at radius 1 is 0.857 bits per heavy atom. The summed E-state index contributed by atoms with van der Waals surface area (Å²) in [6, 6.07) is 11.2. The van der Waals surface area contributed by atoms with Crippen LogP contribution in [0.4, 0.5) is 10.5 Å². The third-order valence-corrected chi connectivity index (χ3v) is 5.96. The fraction of sp³-hybridized carbons (Fsp3) is 0.320. The molecule has 2 aliphatic heterocycles. The molecular formula is C25H25N3O7. The van der Waals surface area contributed by atoms with Crippen LogP contribution in [-0.4, -0.2) is 79.0 Å². The predicted octanol–water partition coefficient (Wildman–Crippen LogP) is 2.25. The van der Waals surface area contributed by atoms with Gasteiger partial charge in [-0.05, 0) is 43.7 Å². The van der Waals surface area contributed by atoms with E-state index < -0.39 is 30.5 Å². The van der Waals surface area contributed by atoms with E-state index in [9.17, 15) is 24.0 Å². The number of aryl methyl sites for hydroxylation is 1. The minimum absolute atomic E-state index is 0.0662. The largest absolute Gasteiger partial charge is 0.452 e. The lowest BCUT2D eigenvalue weighted by molar-refractivity contribution is -0.136. The topological polar surface area (TPSA) is 114 Å². The summed E-state index contributed by atoms with van der Waals surface area (Å²) in [5.74, 6) is -2.15. The first-order valence-corrected chi connectivity index (χ1v) is 11.3. The molecule has 182 valence electrons. The van der Waals surface area contributed by atoms with Crippen molar-refractivity contribution in [3.05, 3.63) is 64.7 Å². The van der Waals surface area contributed by atoms with E-state index >= 15 is 0 Å². The number of amides is 4. The van der Waals surface area contributed by atoms with Crippen LogP contribution in [0.1, 0.15) is 43.6 Å². The van der Waals surface area contributed by atoms with Gasteiger partial charge < -0.3 is 19.3 Å². The average molecular weight is 479 g/mol. The molecule has 0 atom stereocenters. The Morgan fingerprint density at radius 3 is 2.20 bits per heavy atom. The molecule has 10 heteroatoms. The second-order valence-corrected chi connectivity index (χ2v) is 8.14. The minimum Gasteiger partial charge on any atom is -0.452 e. The monoisotopic (exact) mass is 479 g/mol. The van der Waals surface area contributed by atoms with E-state index in [0.717, 1.165) is 10.5 Å². The Kier molecular flexibility index (Phi) is 6.81. The second-order valence-electron chi connectivity index (χ2n) is 8.14. The molecule has 0 saturated carbocycles. The van der Waals surface area contributed by atoms with Gasteiger partial charge in [0.15, 0.2) is 6.61 Å². The normalized spacial score (nSPS) is 15.2. The quantitative estimate of drug-likeness (QED) is 0.477. The first kappa shape index (κ1) is 23.9. The highest BCUT2D eigenvalue weighted by atomic mass is 16.6. The lowest BCUT2D eigenvalue weighted by Gasteiger charge is -2.33. The Balaban J connectivity index is 1.37. The third-order valence-electron chi connectivity index (χ3n) is 5.96. The molecule has 2 aliphatic rings. The zero-order valence-electron chi connectivity index (χ0n) is 19.5. The van der Waals surface area contributed by atoms with E-state index in [4.69, 9.17) is 9.47 Å². The van der Waals surface area contributed by atoms with Crippen molar-refractivity contribution in [2.75, 3.05) is 44.3 Å². The summed E-state index contributed by atoms with van der Waals surface area (Å²) in [6.45, 7) is 4.60. The molecule has 4 amide bonds. The number of nitrogens with zero attached hydrogens (tertiary/aromatic N) is 3. The number of benzene rings is 2. The minimum atomic E-state index is -0.777. The SMILES string of the molecule is CCOC(=O)N1CCN(C(=O)COC(=O)c2ccc3c(c2)C(=O)N(c2ccccc2C)C3=O)CC1. The van der Waals surface area contributed by atoms with E-state index in [-0.39, 0.29) is 29.2 Å². The number of para-hydroxylation sites is 1. The maximum atomic E-state index is 13.0. The van der Waals surface area contributed by atoms with Gasteiger partial charge in [0.1, 0.15) is 0 Å². The second kappa shape index (κ2) is 9.96. The summed E-state index contributed by atoms with van der Waals surface area (Å²) >= 11 is 0. The number of rotatable bonds is 5. The molecule has 1 fully saturated rings. The maximum Gasteiger partial charge on any atom is 0.409 e. The van der Waals surface area contributed by atoms with E-state index in [0.29, 0.717) is 31.9 Å². The van der Waals surface area contributed by atoms with Crippen molar-refractivity contribution in [3.8, 4) is 0 Å². The number of imide groups is 1. The van der Waals surface area contributed by atoms with Crippen molar-refractivity contribution in [2.45, 2.75) is 13.8 Å². The molecule has 0 unspecified atom stereocenters. The Labute approximate surface area is 202 Å². The smallest absolute Gasteiger partial charge is 0.409 e. The van der Waals surface area contributed by atoms with Crippen molar-refractivity contribution in [2.24, 2.45) is 0 Å². The lowest BCUT2D eigenvalue weighted by atomic mass is 10.1. The molecule has 0 spiro atoms. The molecule has 2 heterocycles. The number of esters is 1. The van der Waals surface area contributed by atoms with Crippen molar-refractivity contribution < 1.29 is 33.4 Å². The van der Waals surface area contributed by atoms with E-state index in [2.05, 4.69) is 0 Å². The molecule has 0 aromatic heterocycles. The number of hydrogen-bond donors (Lipinski definition) is 0. The fourth-order valence-corrected chi connectivity index (χ4v) is 4.06. The van der Waals surface area contributed by atoms with Crippen LogP contribution in [0.2, 0.25) is 0 Å². The Bertz CT molecular complexity index is 1200. The predicted molar refractivity (Wildman–Crippen MR) is 124 cm³/mol. The van der Waals surface area contributed by atoms with Crippen LogP contribution in [0.5, 0.6) is 0 Å². The number of carbonyl (C=O) groups is 5. The molecule has 0 N–H and O–H groups in total. The van der Waals surface area contributed by atoms with Crippen molar-refractivity contribution in [3.63, 3.8) is 0 Å². The highest BCUT2D eigenvalue weighted by Crippen LogP contribution is 2.31. The summed E-state index contributed by atoms with van der Waals surface area (Å²) < 4.78 is 10.1. The molecular weight excluding hydrogens is 454 g/mol. The first-order chi connectivity index (χ1) is 16.8. The average Bonchev–Trinajstić information content (AvgIpc) is 3.12. The Hall–Kier alpha value is -4.21. The summed E-state index contributed by atoms with van der Waals surface area (Å²) in [7, 11) is 0. The molecule has 0 bridgehead atoms. The van der Waals surface area contributed by atoms with Crippen LogP contribution in [-0.2, 0) is 14.3 Å². The molecule has 0 aliphatic carbocycles. The lowest BCUT2D eigenvalue weighted by Crippen LogP contribution is -2.51. The van der Waals surface area contributed by atoms with Gasteiger partial charge in [0.2, 0.25) is 0 Å². The van der Waals surface area contributed by atoms with Crippen LogP contribution in [0.25, 0.3) is 0 Å². The number of ether oxygens (including phenoxy) is 2. The number of hydrogen-bond acceptors (Lipinski definition) is 7. The summed E-state index contributed by atoms with van der Waals surface area (Å²) in [5.41, 5.74) is 1.62. The van der Waals surface area contributed by atoms with Gasteiger partial charge in [0, 0.05) is 26.2 Å². The summed E-state index contributed by atoms with van der Waals surface area (Å²) in [4.78, 5) is 66.7. The van der Waals surface area contributed by atoms with Gasteiger partial charge in [-0.3, -0.25) is 14.4 Å². The van der Waals surface area contributed by atoms with Gasteiger partial charge in [-0.2, -0.15) is 0 Å². The number of carbonyl (C=O) groups excluding carboxylic acids is 5. The van der Waals surface area contributed by atoms with Gasteiger partial charge in [-0.25, -0.2) is 14.5 Å². The van der Waals surface area contributed by atoms with Gasteiger partial charge in [0.25, 0.3) is 17.7 Å². The molecule has 2 aromatic carbocycles. The Morgan fingerprint density at radius 2 is 1.51 bits per heavy atom. The summed E-state index contributed by atoms with van der Waals surface area (Å²) in [5, 5.41) is 0. The molecule has 0 radical (unpaired) electrons. The van der Waals surface area contributed by atoms with Crippen LogP contribution in [0, 0.1) is 6.92 Å². The van der Waals surface area contributed by atoms with Crippen molar-refractivity contribution in [1.82, 2.24) is 9.80 Å². The molecule has 1 saturated heterocycles. The van der Waals surface area contributed by atoms with E-state index in [1.54, 1.807) is 32.0 Å². The van der Waals surface area contributed by atoms with Crippen LogP contribution in [0.15, 0.2) is 42.5 Å². The van der Waals surface area contributed by atoms with E-state index in [1.165, 1.54) is 28.0 Å². The zero-order chi connectivity index (χ0) is 25.1. The zero-order valence-corrected chi connectivity index (χ0v) is 19.5. The maximum absolute atomic E-state index is 13.0. The van der Waals surface area contributed by atoms with Gasteiger partial charge in [0.05, 0.1) is 29.0 Å². The van der Waals surface area contributed by atoms with Crippen LogP contribution < -0.4 is 4.90 Å². The van der Waals surface area contributed by atoms with Gasteiger partial charge in [-0.1, -0.05) is 18.2 Å². The number of piperazine rings is 1. The highest BCUT2D eigenvalue weighted by molar-refractivity contribution is 6.34. The number of anilines is 1. The molecule has 2 aromatic rings. The summed E-state index contributed by atoms with van der Waals surface area (Å²) in [6.07, 6.45) is -0.420. The van der Waals surface area contributed by atoms with Gasteiger partial charge in [-0.15, -0.1) is 0 Å². The third kappa shape index (κ3) is 4.72. The highest BCUT2D eigenvalue weighted by Gasteiger charge is 2.38. The molecule has 35 heavy (non-hydrogen) atoms. The first-order valence-electron chi connectivity index (χ1n) is 11.3. The fourth-order valence-electron chi connectivity index (χ4n) is 4.06. The van der Waals surface area contributed by atoms with Crippen LogP contribution in [0.3, 0.4) is 0 Å². The van der Waals surface area contributed by atoms with E-state index in [1.807, 2.05) is 6.07 Å².